The summed E-state index contributed by atoms with van der Waals surface area (Å²) < 4.78 is 26.2. The number of anilines is 2. The van der Waals surface area contributed by atoms with Crippen LogP contribution in [-0.2, 0) is 10.0 Å². The predicted octanol–water partition coefficient (Wildman–Crippen LogP) is 1.72. The molecular formula is C17H29N5O2S. The first-order chi connectivity index (χ1) is 12.1. The highest BCUT2D eigenvalue weighted by Gasteiger charge is 2.27. The summed E-state index contributed by atoms with van der Waals surface area (Å²) in [5.41, 5.74) is 0. The van der Waals surface area contributed by atoms with Gasteiger partial charge in [-0.15, -0.1) is 10.2 Å². The molecule has 0 unspecified atom stereocenters. The first-order valence-corrected chi connectivity index (χ1v) is 11.0. The molecule has 25 heavy (non-hydrogen) atoms. The summed E-state index contributed by atoms with van der Waals surface area (Å²) in [4.78, 5) is 4.41. The molecule has 2 saturated heterocycles. The fourth-order valence-corrected chi connectivity index (χ4v) is 5.06. The number of piperidine rings is 1. The highest BCUT2D eigenvalue weighted by Crippen LogP contribution is 2.20. The van der Waals surface area contributed by atoms with Gasteiger partial charge in [0.25, 0.3) is 0 Å². The Morgan fingerprint density at radius 2 is 1.44 bits per heavy atom. The average molecular weight is 368 g/mol. The lowest BCUT2D eigenvalue weighted by atomic mass is 10.1. The molecule has 2 aliphatic rings. The van der Waals surface area contributed by atoms with Crippen LogP contribution in [0.5, 0.6) is 0 Å². The molecule has 1 aromatic heterocycles. The van der Waals surface area contributed by atoms with Gasteiger partial charge in [-0.1, -0.05) is 13.3 Å². The van der Waals surface area contributed by atoms with E-state index in [1.807, 2.05) is 19.1 Å². The van der Waals surface area contributed by atoms with Crippen molar-refractivity contribution in [1.82, 2.24) is 14.5 Å². The van der Waals surface area contributed by atoms with Gasteiger partial charge in [0.1, 0.15) is 0 Å². The molecule has 0 aromatic carbocycles. The maximum Gasteiger partial charge on any atom is 0.214 e. The molecule has 140 valence electrons. The Morgan fingerprint density at radius 1 is 0.880 bits per heavy atom. The molecule has 0 spiro atoms. The van der Waals surface area contributed by atoms with E-state index in [1.165, 1.54) is 19.3 Å². The van der Waals surface area contributed by atoms with Gasteiger partial charge in [0.05, 0.1) is 5.75 Å². The third-order valence-electron chi connectivity index (χ3n) is 5.03. The van der Waals surface area contributed by atoms with E-state index < -0.39 is 10.0 Å². The Hall–Kier alpha value is -1.41. The average Bonchev–Trinajstić information content (AvgIpc) is 2.67. The van der Waals surface area contributed by atoms with Gasteiger partial charge < -0.3 is 9.80 Å². The fourth-order valence-electron chi connectivity index (χ4n) is 3.43. The van der Waals surface area contributed by atoms with Crippen LogP contribution in [0.25, 0.3) is 0 Å². The number of rotatable bonds is 6. The maximum absolute atomic E-state index is 12.3. The molecule has 8 heteroatoms. The molecule has 0 bridgehead atoms. The minimum Gasteiger partial charge on any atom is -0.355 e. The second kappa shape index (κ2) is 8.31. The van der Waals surface area contributed by atoms with Crippen LogP contribution in [-0.4, -0.2) is 67.9 Å². The molecule has 0 aliphatic carbocycles. The number of sulfonamides is 1. The van der Waals surface area contributed by atoms with Crippen LogP contribution in [0.3, 0.4) is 0 Å². The summed E-state index contributed by atoms with van der Waals surface area (Å²) in [5, 5.41) is 8.77. The third-order valence-corrected chi connectivity index (χ3v) is 6.98. The quantitative estimate of drug-likeness (QED) is 0.762. The monoisotopic (exact) mass is 367 g/mol. The SMILES string of the molecule is CCCCS(=O)(=O)N1CCN(c2ccc(N3CCCCC3)nn2)CC1. The molecule has 1 aromatic rings. The van der Waals surface area contributed by atoms with E-state index in [0.29, 0.717) is 26.2 Å². The van der Waals surface area contributed by atoms with Crippen molar-refractivity contribution in [3.63, 3.8) is 0 Å². The number of piperazine rings is 1. The molecule has 7 nitrogen and oxygen atoms in total. The van der Waals surface area contributed by atoms with E-state index in [4.69, 9.17) is 0 Å². The highest BCUT2D eigenvalue weighted by molar-refractivity contribution is 7.89. The van der Waals surface area contributed by atoms with Crippen molar-refractivity contribution in [2.45, 2.75) is 39.0 Å². The molecule has 2 aliphatic heterocycles. The van der Waals surface area contributed by atoms with Crippen molar-refractivity contribution >= 4 is 21.7 Å². The zero-order valence-electron chi connectivity index (χ0n) is 15.1. The normalized spacial score (nSPS) is 20.0. The van der Waals surface area contributed by atoms with Gasteiger partial charge in [-0.3, -0.25) is 0 Å². The van der Waals surface area contributed by atoms with Crippen LogP contribution in [0.2, 0.25) is 0 Å². The van der Waals surface area contributed by atoms with Crippen molar-refractivity contribution in [2.24, 2.45) is 0 Å². The fraction of sp³-hybridized carbons (Fsp3) is 0.765. The smallest absolute Gasteiger partial charge is 0.214 e. The second-order valence-corrected chi connectivity index (χ2v) is 8.94. The number of hydrogen-bond acceptors (Lipinski definition) is 6. The Labute approximate surface area is 151 Å². The van der Waals surface area contributed by atoms with Crippen LogP contribution in [0, 0.1) is 0 Å². The van der Waals surface area contributed by atoms with E-state index in [-0.39, 0.29) is 5.75 Å². The van der Waals surface area contributed by atoms with Crippen molar-refractivity contribution < 1.29 is 8.42 Å². The first kappa shape index (κ1) is 18.4. The minimum absolute atomic E-state index is 0.258. The van der Waals surface area contributed by atoms with Crippen molar-refractivity contribution in [1.29, 1.82) is 0 Å². The van der Waals surface area contributed by atoms with Crippen LogP contribution < -0.4 is 9.80 Å². The molecular weight excluding hydrogens is 338 g/mol. The van der Waals surface area contributed by atoms with Crippen LogP contribution in [0.15, 0.2) is 12.1 Å². The lowest BCUT2D eigenvalue weighted by molar-refractivity contribution is 0.383. The molecule has 0 N–H and O–H groups in total. The van der Waals surface area contributed by atoms with E-state index in [1.54, 1.807) is 4.31 Å². The summed E-state index contributed by atoms with van der Waals surface area (Å²) >= 11 is 0. The number of nitrogens with zero attached hydrogens (tertiary/aromatic N) is 5. The largest absolute Gasteiger partial charge is 0.355 e. The van der Waals surface area contributed by atoms with E-state index in [2.05, 4.69) is 20.0 Å². The molecule has 0 amide bonds. The lowest BCUT2D eigenvalue weighted by Gasteiger charge is -2.34. The molecule has 0 atom stereocenters. The Morgan fingerprint density at radius 3 is 1.96 bits per heavy atom. The molecule has 0 radical (unpaired) electrons. The summed E-state index contributed by atoms with van der Waals surface area (Å²) in [6.07, 6.45) is 5.37. The number of aromatic nitrogens is 2. The van der Waals surface area contributed by atoms with Crippen LogP contribution in [0.1, 0.15) is 39.0 Å². The summed E-state index contributed by atoms with van der Waals surface area (Å²) in [7, 11) is -3.11. The summed E-state index contributed by atoms with van der Waals surface area (Å²) in [5.74, 6) is 2.05. The Kier molecular flexibility index (Phi) is 6.11. The van der Waals surface area contributed by atoms with Gasteiger partial charge in [0.15, 0.2) is 11.6 Å². The summed E-state index contributed by atoms with van der Waals surface area (Å²) in [6.45, 7) is 6.53. The highest BCUT2D eigenvalue weighted by atomic mass is 32.2. The first-order valence-electron chi connectivity index (χ1n) is 9.41. The van der Waals surface area contributed by atoms with Gasteiger partial charge in [0.2, 0.25) is 10.0 Å². The molecule has 3 rings (SSSR count). The van der Waals surface area contributed by atoms with Gasteiger partial charge in [0, 0.05) is 39.3 Å². The minimum atomic E-state index is -3.11. The van der Waals surface area contributed by atoms with E-state index in [0.717, 1.165) is 37.6 Å². The maximum atomic E-state index is 12.3. The van der Waals surface area contributed by atoms with Crippen molar-refractivity contribution in [3.05, 3.63) is 12.1 Å². The van der Waals surface area contributed by atoms with Crippen molar-refractivity contribution in [3.8, 4) is 0 Å². The standard InChI is InChI=1S/C17H29N5O2S/c1-2-3-15-25(23,24)22-13-11-21(12-14-22)17-8-7-16(18-19-17)20-9-5-4-6-10-20/h7-8H,2-6,9-15H2,1H3. The number of hydrogen-bond donors (Lipinski definition) is 0. The molecule has 2 fully saturated rings. The van der Waals surface area contributed by atoms with Crippen LogP contribution in [0.4, 0.5) is 11.6 Å². The Bertz CT molecular complexity index is 636. The van der Waals surface area contributed by atoms with E-state index in [9.17, 15) is 8.42 Å². The molecule has 0 saturated carbocycles. The van der Waals surface area contributed by atoms with Crippen LogP contribution >= 0.6 is 0 Å². The van der Waals surface area contributed by atoms with Crippen molar-refractivity contribution in [2.75, 3.05) is 54.8 Å². The topological polar surface area (TPSA) is 69.6 Å². The lowest BCUT2D eigenvalue weighted by Crippen LogP contribution is -2.49. The van der Waals surface area contributed by atoms with Gasteiger partial charge in [-0.05, 0) is 37.8 Å². The second-order valence-electron chi connectivity index (χ2n) is 6.85. The Balaban J connectivity index is 1.56. The molecule has 3 heterocycles. The zero-order valence-corrected chi connectivity index (χ0v) is 15.9. The zero-order chi connectivity index (χ0) is 17.7. The number of unbranched alkanes of at least 4 members (excludes halogenated alkanes) is 1. The van der Waals surface area contributed by atoms with Gasteiger partial charge in [-0.2, -0.15) is 4.31 Å². The van der Waals surface area contributed by atoms with Gasteiger partial charge in [-0.25, -0.2) is 8.42 Å². The predicted molar refractivity (Wildman–Crippen MR) is 101 cm³/mol. The summed E-state index contributed by atoms with van der Waals surface area (Å²) in [6, 6.07) is 4.05. The van der Waals surface area contributed by atoms with Gasteiger partial charge >= 0.3 is 0 Å². The third kappa shape index (κ3) is 4.61. The van der Waals surface area contributed by atoms with E-state index >= 15 is 0 Å².